The van der Waals surface area contributed by atoms with Crippen LogP contribution in [-0.2, 0) is 6.42 Å². The first-order valence-electron chi connectivity index (χ1n) is 6.79. The Kier molecular flexibility index (Phi) is 4.96. The second-order valence-electron chi connectivity index (χ2n) is 4.95. The van der Waals surface area contributed by atoms with Crippen molar-refractivity contribution in [3.05, 3.63) is 21.9 Å². The first kappa shape index (κ1) is 14.1. The van der Waals surface area contributed by atoms with E-state index in [4.69, 9.17) is 0 Å². The molecule has 0 aliphatic heterocycles. The first-order chi connectivity index (χ1) is 9.15. The Bertz CT molecular complexity index is 450. The molecule has 1 saturated carbocycles. The maximum Gasteiger partial charge on any atom is 0.315 e. The Hall–Kier alpha value is -1.36. The lowest BCUT2D eigenvalue weighted by molar-refractivity contribution is 0.102. The molecule has 0 spiro atoms. The van der Waals surface area contributed by atoms with Crippen LogP contribution in [0.4, 0.5) is 4.79 Å². The van der Waals surface area contributed by atoms with Gasteiger partial charge in [0, 0.05) is 17.5 Å². The van der Waals surface area contributed by atoms with E-state index < -0.39 is 0 Å². The van der Waals surface area contributed by atoms with Crippen LogP contribution in [-0.4, -0.2) is 24.4 Å². The largest absolute Gasteiger partial charge is 0.338 e. The molecule has 0 unspecified atom stereocenters. The number of urea groups is 1. The van der Waals surface area contributed by atoms with Crippen LogP contribution in [0.1, 0.15) is 47.2 Å². The molecular weight excluding hydrogens is 260 g/mol. The molecule has 0 radical (unpaired) electrons. The van der Waals surface area contributed by atoms with Crippen LogP contribution >= 0.6 is 11.3 Å². The fourth-order valence-corrected chi connectivity index (χ4v) is 3.21. The summed E-state index contributed by atoms with van der Waals surface area (Å²) >= 11 is 1.50. The molecule has 0 atom stereocenters. The number of thiophene rings is 1. The molecule has 4 nitrogen and oxygen atoms in total. The monoisotopic (exact) mass is 280 g/mol. The molecule has 1 fully saturated rings. The SMILES string of the molecule is CC(=O)c1ccc(CCNC(=O)NC2CCCC2)s1. The number of hydrogen-bond acceptors (Lipinski definition) is 3. The lowest BCUT2D eigenvalue weighted by Gasteiger charge is -2.12. The van der Waals surface area contributed by atoms with Gasteiger partial charge in [0.1, 0.15) is 0 Å². The summed E-state index contributed by atoms with van der Waals surface area (Å²) in [6.45, 7) is 2.18. The van der Waals surface area contributed by atoms with E-state index in [-0.39, 0.29) is 11.8 Å². The van der Waals surface area contributed by atoms with E-state index in [9.17, 15) is 9.59 Å². The third kappa shape index (κ3) is 4.35. The minimum Gasteiger partial charge on any atom is -0.338 e. The van der Waals surface area contributed by atoms with Crippen LogP contribution in [0.25, 0.3) is 0 Å². The fraction of sp³-hybridized carbons (Fsp3) is 0.571. The van der Waals surface area contributed by atoms with E-state index in [1.54, 1.807) is 6.92 Å². The lowest BCUT2D eigenvalue weighted by atomic mass is 10.2. The van der Waals surface area contributed by atoms with Crippen molar-refractivity contribution in [3.8, 4) is 0 Å². The molecule has 1 aliphatic carbocycles. The van der Waals surface area contributed by atoms with E-state index >= 15 is 0 Å². The zero-order valence-corrected chi connectivity index (χ0v) is 12.0. The average Bonchev–Trinajstić information content (AvgIpc) is 3.00. The number of nitrogens with one attached hydrogen (secondary N) is 2. The number of Topliss-reactive ketones (excluding diaryl/α,β-unsaturated/α-hetero) is 1. The summed E-state index contributed by atoms with van der Waals surface area (Å²) in [5.41, 5.74) is 0. The Morgan fingerprint density at radius 2 is 2.05 bits per heavy atom. The molecule has 0 bridgehead atoms. The number of amides is 2. The number of ketones is 1. The quantitative estimate of drug-likeness (QED) is 0.815. The van der Waals surface area contributed by atoms with Gasteiger partial charge in [-0.05, 0) is 38.3 Å². The van der Waals surface area contributed by atoms with E-state index in [1.165, 1.54) is 24.2 Å². The van der Waals surface area contributed by atoms with Crippen LogP contribution in [0.2, 0.25) is 0 Å². The highest BCUT2D eigenvalue weighted by atomic mass is 32.1. The van der Waals surface area contributed by atoms with Gasteiger partial charge in [-0.1, -0.05) is 12.8 Å². The fourth-order valence-electron chi connectivity index (χ4n) is 2.31. The smallest absolute Gasteiger partial charge is 0.315 e. The third-order valence-electron chi connectivity index (χ3n) is 3.36. The maximum atomic E-state index is 11.6. The van der Waals surface area contributed by atoms with Gasteiger partial charge in [0.2, 0.25) is 0 Å². The summed E-state index contributed by atoms with van der Waals surface area (Å²) in [6, 6.07) is 4.08. The summed E-state index contributed by atoms with van der Waals surface area (Å²) in [5, 5.41) is 5.86. The van der Waals surface area contributed by atoms with Gasteiger partial charge in [-0.25, -0.2) is 4.79 Å². The van der Waals surface area contributed by atoms with Gasteiger partial charge in [-0.3, -0.25) is 4.79 Å². The van der Waals surface area contributed by atoms with Gasteiger partial charge in [0.15, 0.2) is 5.78 Å². The summed E-state index contributed by atoms with van der Waals surface area (Å²) in [6.07, 6.45) is 5.40. The first-order valence-corrected chi connectivity index (χ1v) is 7.61. The van der Waals surface area contributed by atoms with Crippen LogP contribution in [0, 0.1) is 0 Å². The summed E-state index contributed by atoms with van der Waals surface area (Å²) < 4.78 is 0. The molecule has 5 heteroatoms. The van der Waals surface area contributed by atoms with Crippen LogP contribution in [0.3, 0.4) is 0 Å². The Morgan fingerprint density at radius 1 is 1.32 bits per heavy atom. The predicted octanol–water partition coefficient (Wildman–Crippen LogP) is 2.74. The average molecular weight is 280 g/mol. The van der Waals surface area contributed by atoms with Crippen molar-refractivity contribution in [2.75, 3.05) is 6.54 Å². The van der Waals surface area contributed by atoms with Crippen LogP contribution < -0.4 is 10.6 Å². The number of rotatable bonds is 5. The van der Waals surface area contributed by atoms with Crippen molar-refractivity contribution < 1.29 is 9.59 Å². The molecule has 104 valence electrons. The van der Waals surface area contributed by atoms with Crippen LogP contribution in [0.15, 0.2) is 12.1 Å². The lowest BCUT2D eigenvalue weighted by Crippen LogP contribution is -2.41. The molecule has 2 N–H and O–H groups in total. The zero-order chi connectivity index (χ0) is 13.7. The van der Waals surface area contributed by atoms with E-state index in [0.717, 1.165) is 29.0 Å². The highest BCUT2D eigenvalue weighted by molar-refractivity contribution is 7.14. The zero-order valence-electron chi connectivity index (χ0n) is 11.2. The van der Waals surface area contributed by atoms with Gasteiger partial charge >= 0.3 is 6.03 Å². The molecule has 0 aromatic carbocycles. The molecule has 2 rings (SSSR count). The minimum absolute atomic E-state index is 0.0738. The van der Waals surface area contributed by atoms with Crippen LogP contribution in [0.5, 0.6) is 0 Å². The topological polar surface area (TPSA) is 58.2 Å². The van der Waals surface area contributed by atoms with Crippen molar-refractivity contribution in [1.29, 1.82) is 0 Å². The van der Waals surface area contributed by atoms with Gasteiger partial charge in [0.25, 0.3) is 0 Å². The van der Waals surface area contributed by atoms with E-state index in [2.05, 4.69) is 10.6 Å². The Labute approximate surface area is 117 Å². The minimum atomic E-state index is -0.0738. The summed E-state index contributed by atoms with van der Waals surface area (Å²) in [5.74, 6) is 0.100. The Balaban J connectivity index is 1.67. The van der Waals surface area contributed by atoms with Crippen molar-refractivity contribution in [1.82, 2.24) is 10.6 Å². The van der Waals surface area contributed by atoms with Gasteiger partial charge in [0.05, 0.1) is 4.88 Å². The van der Waals surface area contributed by atoms with Gasteiger partial charge in [-0.2, -0.15) is 0 Å². The number of carbonyl (C=O) groups is 2. The van der Waals surface area contributed by atoms with Crippen molar-refractivity contribution in [2.45, 2.75) is 45.1 Å². The predicted molar refractivity (Wildman–Crippen MR) is 76.8 cm³/mol. The Morgan fingerprint density at radius 3 is 2.68 bits per heavy atom. The molecule has 1 aliphatic rings. The number of carbonyl (C=O) groups excluding carboxylic acids is 2. The number of hydrogen-bond donors (Lipinski definition) is 2. The second kappa shape index (κ2) is 6.70. The normalized spacial score (nSPS) is 15.4. The highest BCUT2D eigenvalue weighted by Crippen LogP contribution is 2.18. The second-order valence-corrected chi connectivity index (χ2v) is 6.12. The molecule has 0 saturated heterocycles. The molecule has 1 aromatic rings. The third-order valence-corrected chi connectivity index (χ3v) is 4.60. The summed E-state index contributed by atoms with van der Waals surface area (Å²) in [4.78, 5) is 24.7. The summed E-state index contributed by atoms with van der Waals surface area (Å²) in [7, 11) is 0. The highest BCUT2D eigenvalue weighted by Gasteiger charge is 2.16. The van der Waals surface area contributed by atoms with Crippen molar-refractivity contribution >= 4 is 23.2 Å². The molecule has 2 amide bonds. The van der Waals surface area contributed by atoms with Gasteiger partial charge in [-0.15, -0.1) is 11.3 Å². The van der Waals surface area contributed by atoms with Crippen molar-refractivity contribution in [2.24, 2.45) is 0 Å². The molecule has 19 heavy (non-hydrogen) atoms. The standard InChI is InChI=1S/C14H20N2O2S/c1-10(17)13-7-6-12(19-13)8-9-15-14(18)16-11-4-2-3-5-11/h6-7,11H,2-5,8-9H2,1H3,(H2,15,16,18). The van der Waals surface area contributed by atoms with Gasteiger partial charge < -0.3 is 10.6 Å². The molecule has 1 aromatic heterocycles. The van der Waals surface area contributed by atoms with E-state index in [1.807, 2.05) is 12.1 Å². The van der Waals surface area contributed by atoms with Crippen molar-refractivity contribution in [3.63, 3.8) is 0 Å². The maximum absolute atomic E-state index is 11.6. The van der Waals surface area contributed by atoms with E-state index in [0.29, 0.717) is 12.6 Å². The molecule has 1 heterocycles. The molecular formula is C14H20N2O2S.